The van der Waals surface area contributed by atoms with Gasteiger partial charge < -0.3 is 30.0 Å². The fourth-order valence-electron chi connectivity index (χ4n) is 4.99. The van der Waals surface area contributed by atoms with E-state index in [1.807, 2.05) is 27.7 Å². The van der Waals surface area contributed by atoms with Gasteiger partial charge in [-0.1, -0.05) is 31.9 Å². The smallest absolute Gasteiger partial charge is 0.410 e. The Labute approximate surface area is 248 Å². The van der Waals surface area contributed by atoms with Crippen molar-refractivity contribution in [3.05, 3.63) is 29.8 Å². The minimum atomic E-state index is -4.09. The first-order valence-electron chi connectivity index (χ1n) is 14.5. The van der Waals surface area contributed by atoms with Crippen LogP contribution in [0.15, 0.2) is 24.3 Å². The van der Waals surface area contributed by atoms with Gasteiger partial charge in [0.2, 0.25) is 4.87 Å². The van der Waals surface area contributed by atoms with Crippen molar-refractivity contribution in [2.75, 3.05) is 38.5 Å². The molecule has 2 aliphatic rings. The third-order valence-corrected chi connectivity index (χ3v) is 9.62. The van der Waals surface area contributed by atoms with Crippen LogP contribution in [-0.4, -0.2) is 103 Å². The van der Waals surface area contributed by atoms with Gasteiger partial charge in [-0.05, 0) is 70.8 Å². The van der Waals surface area contributed by atoms with Gasteiger partial charge in [-0.25, -0.2) is 18.0 Å². The van der Waals surface area contributed by atoms with E-state index in [0.717, 1.165) is 32.4 Å². The summed E-state index contributed by atoms with van der Waals surface area (Å²) in [6, 6.07) is 5.70. The normalized spacial score (nSPS) is 20.5. The quantitative estimate of drug-likeness (QED) is 0.297. The second kappa shape index (κ2) is 14.0. The van der Waals surface area contributed by atoms with Gasteiger partial charge in [0.05, 0.1) is 18.8 Å². The van der Waals surface area contributed by atoms with Crippen LogP contribution in [-0.2, 0) is 35.3 Å². The molecule has 42 heavy (non-hydrogen) atoms. The van der Waals surface area contributed by atoms with Gasteiger partial charge in [0, 0.05) is 6.42 Å². The molecule has 3 rings (SSSR count). The number of amides is 1. The molecule has 3 atom stereocenters. The predicted octanol–water partition coefficient (Wildman–Crippen LogP) is 2.58. The average Bonchev–Trinajstić information content (AvgIpc) is 3.28. The summed E-state index contributed by atoms with van der Waals surface area (Å²) in [6.45, 7) is 9.24. The number of hydrogen-bond acceptors (Lipinski definition) is 10. The van der Waals surface area contributed by atoms with Crippen LogP contribution in [0.5, 0.6) is 5.75 Å². The Morgan fingerprint density at radius 2 is 1.79 bits per heavy atom. The number of hydrogen-bond donors (Lipinski definition) is 2. The number of ether oxygens (including phenoxy) is 3. The molecule has 2 fully saturated rings. The maximum atomic E-state index is 13.1. The number of sulfone groups is 1. The SMILES string of the molecule is CCCCS(=O)(=O)C(N)(Cc1ccc(OCC2CN(CC(C(=O)OC(C)(C)C)N3CCCCC3)C(=O)O2)cc1)C(=O)O. The molecule has 3 unspecified atom stereocenters. The molecule has 0 aromatic heterocycles. The number of carbonyl (C=O) groups excluding carboxylic acids is 2. The summed E-state index contributed by atoms with van der Waals surface area (Å²) in [5.74, 6) is -1.83. The summed E-state index contributed by atoms with van der Waals surface area (Å²) in [5, 5.41) is 9.64. The summed E-state index contributed by atoms with van der Waals surface area (Å²) < 4.78 is 42.3. The van der Waals surface area contributed by atoms with E-state index in [0.29, 0.717) is 24.2 Å². The number of carbonyl (C=O) groups is 3. The Hall–Kier alpha value is -2.90. The summed E-state index contributed by atoms with van der Waals surface area (Å²) in [5.41, 5.74) is 5.70. The molecule has 1 aromatic rings. The van der Waals surface area contributed by atoms with Crippen molar-refractivity contribution in [2.24, 2.45) is 5.73 Å². The molecule has 3 N–H and O–H groups in total. The van der Waals surface area contributed by atoms with Crippen molar-refractivity contribution in [3.63, 3.8) is 0 Å². The van der Waals surface area contributed by atoms with Gasteiger partial charge in [0.1, 0.15) is 24.0 Å². The number of benzene rings is 1. The Kier molecular flexibility index (Phi) is 11.2. The molecule has 2 saturated heterocycles. The first-order chi connectivity index (χ1) is 19.6. The lowest BCUT2D eigenvalue weighted by Gasteiger charge is -2.36. The van der Waals surface area contributed by atoms with Crippen LogP contribution in [0.1, 0.15) is 65.4 Å². The first kappa shape index (κ1) is 33.6. The highest BCUT2D eigenvalue weighted by molar-refractivity contribution is 7.93. The summed E-state index contributed by atoms with van der Waals surface area (Å²) in [4.78, 5) is 38.7. The Morgan fingerprint density at radius 1 is 1.14 bits per heavy atom. The van der Waals surface area contributed by atoms with Gasteiger partial charge in [-0.15, -0.1) is 0 Å². The molecular weight excluding hydrogens is 566 g/mol. The third kappa shape index (κ3) is 8.81. The lowest BCUT2D eigenvalue weighted by atomic mass is 10.1. The number of cyclic esters (lactones) is 1. The van der Waals surface area contributed by atoms with E-state index in [9.17, 15) is 27.9 Å². The topological polar surface area (TPSA) is 166 Å². The highest BCUT2D eigenvalue weighted by Crippen LogP contribution is 2.24. The highest BCUT2D eigenvalue weighted by Gasteiger charge is 2.47. The number of esters is 1. The molecule has 0 aliphatic carbocycles. The molecule has 13 heteroatoms. The minimum Gasteiger partial charge on any atom is -0.490 e. The Balaban J connectivity index is 1.59. The van der Waals surface area contributed by atoms with Crippen LogP contribution in [0.4, 0.5) is 4.79 Å². The van der Waals surface area contributed by atoms with Crippen molar-refractivity contribution in [3.8, 4) is 5.75 Å². The zero-order chi connectivity index (χ0) is 31.1. The predicted molar refractivity (Wildman–Crippen MR) is 156 cm³/mol. The van der Waals surface area contributed by atoms with Crippen LogP contribution in [0.25, 0.3) is 0 Å². The Bertz CT molecular complexity index is 1190. The van der Waals surface area contributed by atoms with Crippen LogP contribution >= 0.6 is 0 Å². The molecule has 1 amide bonds. The van der Waals surface area contributed by atoms with E-state index < -0.39 is 44.5 Å². The standard InChI is InChI=1S/C29H45N3O9S/c1-5-6-16-42(37,38)29(30,26(34)35)17-21-10-12-22(13-11-21)39-20-23-18-32(27(36)40-23)19-24(25(33)41-28(2,3)4)31-14-8-7-9-15-31/h10-13,23-24H,5-9,14-20,30H2,1-4H3,(H,34,35). The van der Waals surface area contributed by atoms with Gasteiger partial charge in [-0.3, -0.25) is 9.69 Å². The van der Waals surface area contributed by atoms with Gasteiger partial charge >= 0.3 is 18.0 Å². The first-order valence-corrected chi connectivity index (χ1v) is 16.2. The van der Waals surface area contributed by atoms with Crippen LogP contribution in [0.2, 0.25) is 0 Å². The fraction of sp³-hybridized carbons (Fsp3) is 0.690. The second-order valence-electron chi connectivity index (χ2n) is 12.1. The maximum absolute atomic E-state index is 13.1. The Morgan fingerprint density at radius 3 is 2.36 bits per heavy atom. The zero-order valence-electron chi connectivity index (χ0n) is 25.0. The highest BCUT2D eigenvalue weighted by atomic mass is 32.2. The van der Waals surface area contributed by atoms with Crippen LogP contribution < -0.4 is 10.5 Å². The van der Waals surface area contributed by atoms with E-state index >= 15 is 0 Å². The van der Waals surface area contributed by atoms with E-state index in [1.165, 1.54) is 4.90 Å². The number of rotatable bonds is 14. The molecule has 0 bridgehead atoms. The van der Waals surface area contributed by atoms with Crippen molar-refractivity contribution in [1.82, 2.24) is 9.80 Å². The fourth-order valence-corrected chi connectivity index (χ4v) is 6.67. The second-order valence-corrected chi connectivity index (χ2v) is 14.4. The molecule has 236 valence electrons. The van der Waals surface area contributed by atoms with Crippen molar-refractivity contribution in [2.45, 2.75) is 88.8 Å². The summed E-state index contributed by atoms with van der Waals surface area (Å²) in [7, 11) is -4.09. The minimum absolute atomic E-state index is 0.0593. The van der Waals surface area contributed by atoms with E-state index in [1.54, 1.807) is 24.3 Å². The van der Waals surface area contributed by atoms with Crippen molar-refractivity contribution >= 4 is 27.9 Å². The summed E-state index contributed by atoms with van der Waals surface area (Å²) in [6.07, 6.45) is 2.51. The van der Waals surface area contributed by atoms with E-state index in [2.05, 4.69) is 4.90 Å². The number of aliphatic carboxylic acids is 1. The van der Waals surface area contributed by atoms with E-state index in [4.69, 9.17) is 19.9 Å². The number of nitrogens with zero attached hydrogens (tertiary/aromatic N) is 2. The van der Waals surface area contributed by atoms with E-state index in [-0.39, 0.29) is 37.8 Å². The average molecular weight is 612 g/mol. The number of likely N-dealkylation sites (tertiary alicyclic amines) is 1. The molecule has 1 aromatic carbocycles. The van der Waals surface area contributed by atoms with Gasteiger partial charge in [0.25, 0.3) is 0 Å². The lowest BCUT2D eigenvalue weighted by molar-refractivity contribution is -0.162. The molecule has 0 radical (unpaired) electrons. The summed E-state index contributed by atoms with van der Waals surface area (Å²) >= 11 is 0. The number of unbranched alkanes of at least 4 members (excludes halogenated alkanes) is 1. The number of carboxylic acids is 1. The molecule has 0 saturated carbocycles. The van der Waals surface area contributed by atoms with Gasteiger partial charge in [0.15, 0.2) is 15.9 Å². The van der Waals surface area contributed by atoms with Gasteiger partial charge in [-0.2, -0.15) is 0 Å². The molecular formula is C29H45N3O9S. The maximum Gasteiger partial charge on any atom is 0.410 e. The van der Waals surface area contributed by atoms with Crippen LogP contribution in [0, 0.1) is 0 Å². The lowest BCUT2D eigenvalue weighted by Crippen LogP contribution is -2.57. The molecule has 2 heterocycles. The molecule has 2 aliphatic heterocycles. The molecule has 0 spiro atoms. The van der Waals surface area contributed by atoms with Crippen LogP contribution in [0.3, 0.4) is 0 Å². The molecule has 12 nitrogen and oxygen atoms in total. The largest absolute Gasteiger partial charge is 0.490 e. The van der Waals surface area contributed by atoms with Crippen molar-refractivity contribution in [1.29, 1.82) is 0 Å². The monoisotopic (exact) mass is 611 g/mol. The third-order valence-electron chi connectivity index (χ3n) is 7.36. The number of carboxylic acid groups (broad SMARTS) is 1. The number of piperidine rings is 1. The van der Waals surface area contributed by atoms with Crippen molar-refractivity contribution < 1.29 is 42.1 Å². The number of nitrogens with two attached hydrogens (primary N) is 1. The zero-order valence-corrected chi connectivity index (χ0v) is 25.9.